The van der Waals surface area contributed by atoms with Gasteiger partial charge >= 0.3 is 12.1 Å². The number of piperazine rings is 1. The molecule has 0 spiro atoms. The van der Waals surface area contributed by atoms with Gasteiger partial charge in [-0.15, -0.1) is 0 Å². The molecule has 0 radical (unpaired) electrons. The third-order valence-electron chi connectivity index (χ3n) is 5.54. The van der Waals surface area contributed by atoms with E-state index >= 15 is 0 Å². The minimum absolute atomic E-state index is 0.0346. The predicted molar refractivity (Wildman–Crippen MR) is 109 cm³/mol. The lowest BCUT2D eigenvalue weighted by Crippen LogP contribution is -2.49. The van der Waals surface area contributed by atoms with Gasteiger partial charge in [0.1, 0.15) is 35.3 Å². The smallest absolute Gasteiger partial charge is 0.410 e. The van der Waals surface area contributed by atoms with Gasteiger partial charge in [-0.05, 0) is 45.7 Å². The van der Waals surface area contributed by atoms with Crippen LogP contribution in [0.15, 0.2) is 12.1 Å². The molecule has 1 aliphatic heterocycles. The van der Waals surface area contributed by atoms with Crippen molar-refractivity contribution in [3.8, 4) is 11.8 Å². The van der Waals surface area contributed by atoms with Gasteiger partial charge in [0.25, 0.3) is 0 Å². The number of amides is 1. The summed E-state index contributed by atoms with van der Waals surface area (Å²) in [5, 5.41) is 18.5. The second-order valence-corrected chi connectivity index (χ2v) is 9.13. The van der Waals surface area contributed by atoms with E-state index < -0.39 is 22.8 Å². The minimum atomic E-state index is -0.915. The molecule has 1 heterocycles. The Labute approximate surface area is 181 Å². The molecule has 2 fully saturated rings. The molecule has 168 valence electrons. The summed E-state index contributed by atoms with van der Waals surface area (Å²) >= 11 is 0. The van der Waals surface area contributed by atoms with Crippen LogP contribution in [0.5, 0.6) is 5.75 Å². The van der Waals surface area contributed by atoms with E-state index in [1.165, 1.54) is 12.1 Å². The molecule has 9 heteroatoms. The number of ether oxygens (including phenoxy) is 2. The lowest BCUT2D eigenvalue weighted by molar-refractivity contribution is -0.144. The highest BCUT2D eigenvalue weighted by Gasteiger charge is 2.51. The van der Waals surface area contributed by atoms with E-state index in [4.69, 9.17) is 9.47 Å². The van der Waals surface area contributed by atoms with Crippen molar-refractivity contribution < 1.29 is 28.6 Å². The van der Waals surface area contributed by atoms with Gasteiger partial charge in [-0.2, -0.15) is 5.26 Å². The minimum Gasteiger partial charge on any atom is -0.492 e. The molecule has 3 rings (SSSR count). The van der Waals surface area contributed by atoms with Crippen molar-refractivity contribution in [1.29, 1.82) is 5.26 Å². The fourth-order valence-electron chi connectivity index (χ4n) is 3.40. The fourth-order valence-corrected chi connectivity index (χ4v) is 3.40. The van der Waals surface area contributed by atoms with Crippen LogP contribution in [0.1, 0.15) is 44.7 Å². The Kier molecular flexibility index (Phi) is 6.41. The first-order valence-electron chi connectivity index (χ1n) is 10.3. The zero-order valence-electron chi connectivity index (χ0n) is 18.1. The normalized spacial score (nSPS) is 18.2. The first kappa shape index (κ1) is 22.8. The maximum absolute atomic E-state index is 14.9. The molecule has 0 bridgehead atoms. The van der Waals surface area contributed by atoms with Gasteiger partial charge in [-0.25, -0.2) is 9.18 Å². The van der Waals surface area contributed by atoms with Crippen LogP contribution in [-0.4, -0.2) is 65.4 Å². The Hall–Kier alpha value is -2.86. The van der Waals surface area contributed by atoms with Gasteiger partial charge in [0.15, 0.2) is 0 Å². The molecule has 0 aromatic heterocycles. The first-order valence-corrected chi connectivity index (χ1v) is 10.3. The SMILES string of the molecule is CC(C)(C)OC(=O)N1CCN(Cc2c(OCC3(C(=O)O)CC3)ccc(C#N)c2F)CC1. The lowest BCUT2D eigenvalue weighted by Gasteiger charge is -2.35. The number of carboxylic acids is 1. The number of carbonyl (C=O) groups excluding carboxylic acids is 1. The lowest BCUT2D eigenvalue weighted by atomic mass is 10.1. The van der Waals surface area contributed by atoms with Gasteiger partial charge in [0.05, 0.1) is 5.56 Å². The van der Waals surface area contributed by atoms with Crippen LogP contribution in [0, 0.1) is 22.6 Å². The van der Waals surface area contributed by atoms with E-state index in [2.05, 4.69) is 0 Å². The van der Waals surface area contributed by atoms with Gasteiger partial charge in [0, 0.05) is 38.3 Å². The average Bonchev–Trinajstić information content (AvgIpc) is 3.49. The van der Waals surface area contributed by atoms with E-state index in [1.807, 2.05) is 31.7 Å². The van der Waals surface area contributed by atoms with Crippen molar-refractivity contribution in [1.82, 2.24) is 9.80 Å². The van der Waals surface area contributed by atoms with Crippen LogP contribution < -0.4 is 4.74 Å². The first-order chi connectivity index (χ1) is 14.5. The molecule has 31 heavy (non-hydrogen) atoms. The third-order valence-corrected chi connectivity index (χ3v) is 5.54. The van der Waals surface area contributed by atoms with E-state index in [0.29, 0.717) is 39.0 Å². The van der Waals surface area contributed by atoms with E-state index in [0.717, 1.165) is 0 Å². The van der Waals surface area contributed by atoms with Crippen molar-refractivity contribution in [3.63, 3.8) is 0 Å². The van der Waals surface area contributed by atoms with Gasteiger partial charge in [0.2, 0.25) is 0 Å². The number of carbonyl (C=O) groups is 2. The summed E-state index contributed by atoms with van der Waals surface area (Å²) < 4.78 is 26.1. The molecule has 1 aliphatic carbocycles. The van der Waals surface area contributed by atoms with Crippen molar-refractivity contribution >= 4 is 12.1 Å². The number of benzene rings is 1. The standard InChI is InChI=1S/C22H28FN3O5/c1-21(2,3)31-20(29)26-10-8-25(9-11-26)13-16-17(5-4-15(12-24)18(16)23)30-14-22(6-7-22)19(27)28/h4-5H,6-11,13-14H2,1-3H3,(H,27,28). The summed E-state index contributed by atoms with van der Waals surface area (Å²) in [5.41, 5.74) is -1.34. The molecule has 1 amide bonds. The number of halogens is 1. The van der Waals surface area contributed by atoms with Gasteiger partial charge < -0.3 is 19.5 Å². The maximum Gasteiger partial charge on any atom is 0.410 e. The van der Waals surface area contributed by atoms with Gasteiger partial charge in [-0.3, -0.25) is 9.69 Å². The second kappa shape index (κ2) is 8.71. The van der Waals surface area contributed by atoms with E-state index in [9.17, 15) is 24.3 Å². The molecule has 1 N–H and O–H groups in total. The number of hydrogen-bond donors (Lipinski definition) is 1. The monoisotopic (exact) mass is 433 g/mol. The number of hydrogen-bond acceptors (Lipinski definition) is 6. The molecule has 1 saturated carbocycles. The zero-order chi connectivity index (χ0) is 22.8. The van der Waals surface area contributed by atoms with Gasteiger partial charge in [-0.1, -0.05) is 0 Å². The highest BCUT2D eigenvalue weighted by Crippen LogP contribution is 2.46. The van der Waals surface area contributed by atoms with Crippen LogP contribution in [0.25, 0.3) is 0 Å². The second-order valence-electron chi connectivity index (χ2n) is 9.13. The summed E-state index contributed by atoms with van der Waals surface area (Å²) in [4.78, 5) is 27.2. The van der Waals surface area contributed by atoms with Crippen molar-refractivity contribution in [2.24, 2.45) is 5.41 Å². The highest BCUT2D eigenvalue weighted by molar-refractivity contribution is 5.78. The van der Waals surface area contributed by atoms with Crippen LogP contribution in [0.4, 0.5) is 9.18 Å². The highest BCUT2D eigenvalue weighted by atomic mass is 19.1. The van der Waals surface area contributed by atoms with Crippen LogP contribution in [0.3, 0.4) is 0 Å². The van der Waals surface area contributed by atoms with Crippen LogP contribution in [-0.2, 0) is 16.1 Å². The molecule has 1 aromatic rings. The number of aliphatic carboxylic acids is 1. The zero-order valence-corrected chi connectivity index (χ0v) is 18.1. The Morgan fingerprint density at radius 1 is 1.23 bits per heavy atom. The number of rotatable bonds is 6. The Morgan fingerprint density at radius 3 is 2.39 bits per heavy atom. The number of carboxylic acid groups (broad SMARTS) is 1. The molecular formula is C22H28FN3O5. The maximum atomic E-state index is 14.9. The van der Waals surface area contributed by atoms with Crippen LogP contribution in [0.2, 0.25) is 0 Å². The summed E-state index contributed by atoms with van der Waals surface area (Å²) in [7, 11) is 0. The third kappa shape index (κ3) is 5.44. The molecule has 8 nitrogen and oxygen atoms in total. The summed E-state index contributed by atoms with van der Waals surface area (Å²) in [6, 6.07) is 4.70. The Morgan fingerprint density at radius 2 is 1.87 bits per heavy atom. The summed E-state index contributed by atoms with van der Waals surface area (Å²) in [6.45, 7) is 7.48. The fraction of sp³-hybridized carbons (Fsp3) is 0.591. The molecule has 1 aromatic carbocycles. The summed E-state index contributed by atoms with van der Waals surface area (Å²) in [5.74, 6) is -1.32. The molecule has 1 saturated heterocycles. The van der Waals surface area contributed by atoms with Crippen molar-refractivity contribution in [3.05, 3.63) is 29.1 Å². The van der Waals surface area contributed by atoms with Crippen LogP contribution >= 0.6 is 0 Å². The molecule has 0 unspecified atom stereocenters. The molecular weight excluding hydrogens is 405 g/mol. The number of nitriles is 1. The molecule has 0 atom stereocenters. The molecule has 2 aliphatic rings. The largest absolute Gasteiger partial charge is 0.492 e. The Bertz CT molecular complexity index is 894. The topological polar surface area (TPSA) is 103 Å². The summed E-state index contributed by atoms with van der Waals surface area (Å²) in [6.07, 6.45) is 0.684. The number of nitrogens with zero attached hydrogens (tertiary/aromatic N) is 3. The van der Waals surface area contributed by atoms with E-state index in [1.54, 1.807) is 4.90 Å². The average molecular weight is 433 g/mol. The van der Waals surface area contributed by atoms with E-state index in [-0.39, 0.29) is 36.1 Å². The van der Waals surface area contributed by atoms with Crippen molar-refractivity contribution in [2.75, 3.05) is 32.8 Å². The van der Waals surface area contributed by atoms with Crippen molar-refractivity contribution in [2.45, 2.75) is 45.8 Å². The Balaban J connectivity index is 1.67. The predicted octanol–water partition coefficient (Wildman–Crippen LogP) is 2.99. The quantitative estimate of drug-likeness (QED) is 0.736.